The van der Waals surface area contributed by atoms with Crippen molar-refractivity contribution >= 4 is 34.2 Å². The molecule has 0 aliphatic rings. The van der Waals surface area contributed by atoms with Crippen LogP contribution < -0.4 is 14.8 Å². The Labute approximate surface area is 185 Å². The maximum absolute atomic E-state index is 12.9. The molecule has 0 bridgehead atoms. The standard InChI is InChI=1S/C22H27NO7S/c1-11(2)29-21(25)17-13(5)18(22(26)30-12(3)4)31-20(17)23-19(24)14-8-9-15(27-6)16(10-14)28-7/h8-12H,1-7H3,(H,23,24). The number of carbonyl (C=O) groups is 3. The highest BCUT2D eigenvalue weighted by atomic mass is 32.1. The van der Waals surface area contributed by atoms with Crippen LogP contribution in [0.2, 0.25) is 0 Å². The van der Waals surface area contributed by atoms with Gasteiger partial charge in [0, 0.05) is 5.56 Å². The molecule has 1 aromatic heterocycles. The van der Waals surface area contributed by atoms with E-state index in [1.807, 2.05) is 0 Å². The molecular formula is C22H27NO7S. The first-order chi connectivity index (χ1) is 14.6. The fraction of sp³-hybridized carbons (Fsp3) is 0.409. The van der Waals surface area contributed by atoms with Gasteiger partial charge in [-0.1, -0.05) is 0 Å². The third-order valence-electron chi connectivity index (χ3n) is 4.09. The second-order valence-corrected chi connectivity index (χ2v) is 8.21. The molecule has 0 aliphatic carbocycles. The number of nitrogens with one attached hydrogen (secondary N) is 1. The average molecular weight is 450 g/mol. The lowest BCUT2D eigenvalue weighted by Crippen LogP contribution is -2.17. The minimum Gasteiger partial charge on any atom is -0.493 e. The van der Waals surface area contributed by atoms with E-state index in [4.69, 9.17) is 18.9 Å². The van der Waals surface area contributed by atoms with Crippen molar-refractivity contribution in [1.82, 2.24) is 0 Å². The predicted octanol–water partition coefficient (Wildman–Crippen LogP) is 4.46. The number of anilines is 1. The first-order valence-electron chi connectivity index (χ1n) is 9.67. The first kappa shape index (κ1) is 24.2. The van der Waals surface area contributed by atoms with Crippen LogP contribution in [0.5, 0.6) is 11.5 Å². The van der Waals surface area contributed by atoms with Crippen LogP contribution in [-0.4, -0.2) is 44.3 Å². The maximum Gasteiger partial charge on any atom is 0.348 e. The van der Waals surface area contributed by atoms with Crippen LogP contribution in [0.1, 0.15) is 63.6 Å². The highest BCUT2D eigenvalue weighted by Crippen LogP contribution is 2.35. The largest absolute Gasteiger partial charge is 0.493 e. The van der Waals surface area contributed by atoms with Crippen LogP contribution in [0.3, 0.4) is 0 Å². The van der Waals surface area contributed by atoms with E-state index in [2.05, 4.69) is 5.32 Å². The van der Waals surface area contributed by atoms with Crippen LogP contribution in [0, 0.1) is 6.92 Å². The number of thiophene rings is 1. The van der Waals surface area contributed by atoms with Gasteiger partial charge >= 0.3 is 11.9 Å². The van der Waals surface area contributed by atoms with E-state index in [0.29, 0.717) is 17.1 Å². The van der Waals surface area contributed by atoms with Crippen LogP contribution in [-0.2, 0) is 9.47 Å². The quantitative estimate of drug-likeness (QED) is 0.594. The van der Waals surface area contributed by atoms with Gasteiger partial charge in [-0.25, -0.2) is 9.59 Å². The topological polar surface area (TPSA) is 100 Å². The maximum atomic E-state index is 12.9. The molecule has 2 rings (SSSR count). The number of rotatable bonds is 8. The Balaban J connectivity index is 2.45. The average Bonchev–Trinajstić information content (AvgIpc) is 3.02. The normalized spacial score (nSPS) is 10.7. The van der Waals surface area contributed by atoms with E-state index in [-0.39, 0.29) is 33.2 Å². The number of ether oxygens (including phenoxy) is 4. The van der Waals surface area contributed by atoms with Crippen molar-refractivity contribution in [3.8, 4) is 11.5 Å². The number of esters is 2. The molecule has 1 aromatic carbocycles. The van der Waals surface area contributed by atoms with E-state index >= 15 is 0 Å². The summed E-state index contributed by atoms with van der Waals surface area (Å²) in [6, 6.07) is 4.69. The minimum absolute atomic E-state index is 0.128. The predicted molar refractivity (Wildman–Crippen MR) is 118 cm³/mol. The van der Waals surface area contributed by atoms with Gasteiger partial charge in [0.05, 0.1) is 32.0 Å². The Morgan fingerprint density at radius 1 is 0.903 bits per heavy atom. The molecule has 0 atom stereocenters. The number of hydrogen-bond acceptors (Lipinski definition) is 8. The van der Waals surface area contributed by atoms with Crippen LogP contribution >= 0.6 is 11.3 Å². The lowest BCUT2D eigenvalue weighted by Gasteiger charge is -2.11. The smallest absolute Gasteiger partial charge is 0.348 e. The third-order valence-corrected chi connectivity index (χ3v) is 5.28. The molecule has 1 N–H and O–H groups in total. The van der Waals surface area contributed by atoms with E-state index in [9.17, 15) is 14.4 Å². The van der Waals surface area contributed by atoms with Gasteiger partial charge in [-0.05, 0) is 58.4 Å². The number of amides is 1. The monoisotopic (exact) mass is 449 g/mol. The minimum atomic E-state index is -0.630. The molecule has 8 nitrogen and oxygen atoms in total. The zero-order valence-corrected chi connectivity index (χ0v) is 19.5. The Hall–Kier alpha value is -3.07. The molecule has 0 aliphatic heterocycles. The van der Waals surface area contributed by atoms with Gasteiger partial charge < -0.3 is 24.3 Å². The summed E-state index contributed by atoms with van der Waals surface area (Å²) < 4.78 is 21.0. The summed E-state index contributed by atoms with van der Waals surface area (Å²) >= 11 is 0.969. The summed E-state index contributed by atoms with van der Waals surface area (Å²) in [5.41, 5.74) is 0.810. The third kappa shape index (κ3) is 5.75. The zero-order chi connectivity index (χ0) is 23.3. The van der Waals surface area contributed by atoms with Gasteiger partial charge in [0.1, 0.15) is 9.88 Å². The number of carbonyl (C=O) groups excluding carboxylic acids is 3. The molecule has 168 valence electrons. The fourth-order valence-corrected chi connectivity index (χ4v) is 3.81. The van der Waals surface area contributed by atoms with Gasteiger partial charge in [-0.2, -0.15) is 0 Å². The van der Waals surface area contributed by atoms with Crippen molar-refractivity contribution in [3.05, 3.63) is 39.8 Å². The molecule has 1 heterocycles. The molecule has 0 unspecified atom stereocenters. The first-order valence-corrected chi connectivity index (χ1v) is 10.5. The van der Waals surface area contributed by atoms with E-state index < -0.39 is 17.8 Å². The number of benzene rings is 1. The molecule has 0 saturated heterocycles. The fourth-order valence-electron chi connectivity index (χ4n) is 2.74. The highest BCUT2D eigenvalue weighted by Gasteiger charge is 2.28. The van der Waals surface area contributed by atoms with Crippen molar-refractivity contribution in [2.75, 3.05) is 19.5 Å². The Morgan fingerprint density at radius 3 is 2.03 bits per heavy atom. The second kappa shape index (κ2) is 10.3. The Bertz CT molecular complexity index is 978. The van der Waals surface area contributed by atoms with Gasteiger partial charge in [-0.15, -0.1) is 11.3 Å². The molecule has 2 aromatic rings. The van der Waals surface area contributed by atoms with Crippen molar-refractivity contribution in [2.45, 2.75) is 46.8 Å². The van der Waals surface area contributed by atoms with E-state index in [1.165, 1.54) is 20.3 Å². The zero-order valence-electron chi connectivity index (χ0n) is 18.7. The molecule has 0 fully saturated rings. The van der Waals surface area contributed by atoms with E-state index in [0.717, 1.165) is 11.3 Å². The molecule has 0 spiro atoms. The SMILES string of the molecule is COc1ccc(C(=O)Nc2sc(C(=O)OC(C)C)c(C)c2C(=O)OC(C)C)cc1OC. The van der Waals surface area contributed by atoms with Crippen molar-refractivity contribution in [3.63, 3.8) is 0 Å². The lowest BCUT2D eigenvalue weighted by atomic mass is 10.1. The number of hydrogen-bond donors (Lipinski definition) is 1. The Kier molecular flexibility index (Phi) is 8.04. The molecule has 9 heteroatoms. The van der Waals surface area contributed by atoms with Crippen molar-refractivity contribution in [2.24, 2.45) is 0 Å². The van der Waals surface area contributed by atoms with Crippen LogP contribution in [0.4, 0.5) is 5.00 Å². The summed E-state index contributed by atoms with van der Waals surface area (Å²) in [4.78, 5) is 38.3. The molecule has 31 heavy (non-hydrogen) atoms. The molecule has 0 radical (unpaired) electrons. The van der Waals surface area contributed by atoms with E-state index in [1.54, 1.807) is 46.8 Å². The van der Waals surface area contributed by atoms with Gasteiger partial charge in [0.2, 0.25) is 0 Å². The lowest BCUT2D eigenvalue weighted by molar-refractivity contribution is 0.0378. The van der Waals surface area contributed by atoms with Gasteiger partial charge in [-0.3, -0.25) is 4.79 Å². The molecule has 1 amide bonds. The summed E-state index contributed by atoms with van der Waals surface area (Å²) in [5.74, 6) is -0.814. The second-order valence-electron chi connectivity index (χ2n) is 7.19. The summed E-state index contributed by atoms with van der Waals surface area (Å²) in [6.45, 7) is 8.52. The summed E-state index contributed by atoms with van der Waals surface area (Å²) in [7, 11) is 2.96. The van der Waals surface area contributed by atoms with Crippen molar-refractivity contribution in [1.29, 1.82) is 0 Å². The Morgan fingerprint density at radius 2 is 1.48 bits per heavy atom. The van der Waals surface area contributed by atoms with Crippen LogP contribution in [0.25, 0.3) is 0 Å². The molecule has 0 saturated carbocycles. The van der Waals surface area contributed by atoms with Gasteiger partial charge in [0.25, 0.3) is 5.91 Å². The highest BCUT2D eigenvalue weighted by molar-refractivity contribution is 7.18. The summed E-state index contributed by atoms with van der Waals surface area (Å²) in [6.07, 6.45) is -0.697. The van der Waals surface area contributed by atoms with Crippen molar-refractivity contribution < 1.29 is 33.3 Å². The summed E-state index contributed by atoms with van der Waals surface area (Å²) in [5, 5.41) is 2.92. The van der Waals surface area contributed by atoms with Crippen LogP contribution in [0.15, 0.2) is 18.2 Å². The van der Waals surface area contributed by atoms with Gasteiger partial charge in [0.15, 0.2) is 11.5 Å². The number of methoxy groups -OCH3 is 2. The molecular weight excluding hydrogens is 422 g/mol.